The van der Waals surface area contributed by atoms with Gasteiger partial charge in [0.2, 0.25) is 0 Å². The molecule has 1 saturated heterocycles. The molecule has 0 N–H and O–H groups in total. The summed E-state index contributed by atoms with van der Waals surface area (Å²) < 4.78 is 10.4. The molecular weight excluding hydrogens is 193 g/mol. The fourth-order valence-corrected chi connectivity index (χ4v) is 1.76. The molecule has 1 unspecified atom stereocenters. The number of carbonyl (C=O) groups excluding carboxylic acids is 1. The van der Waals surface area contributed by atoms with Gasteiger partial charge in [0.15, 0.2) is 0 Å². The van der Waals surface area contributed by atoms with E-state index < -0.39 is 5.60 Å². The summed E-state index contributed by atoms with van der Waals surface area (Å²) in [5, 5.41) is 0. The van der Waals surface area contributed by atoms with Crippen molar-refractivity contribution in [3.05, 3.63) is 0 Å². The first-order valence-electron chi connectivity index (χ1n) is 5.42. The lowest BCUT2D eigenvalue weighted by molar-refractivity contribution is 0.0265. The minimum absolute atomic E-state index is 0.185. The smallest absolute Gasteiger partial charge is 0.409 e. The van der Waals surface area contributed by atoms with Gasteiger partial charge in [0.05, 0.1) is 0 Å². The molecule has 0 aliphatic carbocycles. The normalized spacial score (nSPS) is 21.6. The van der Waals surface area contributed by atoms with Crippen LogP contribution >= 0.6 is 0 Å². The lowest BCUT2D eigenvalue weighted by Gasteiger charge is -2.27. The molecule has 15 heavy (non-hydrogen) atoms. The van der Waals surface area contributed by atoms with E-state index in [1.54, 1.807) is 12.0 Å². The number of rotatable bonds is 2. The largest absolute Gasteiger partial charge is 0.444 e. The topological polar surface area (TPSA) is 38.8 Å². The van der Waals surface area contributed by atoms with Crippen LogP contribution in [0.1, 0.15) is 33.6 Å². The number of hydrogen-bond donors (Lipinski definition) is 0. The zero-order valence-corrected chi connectivity index (χ0v) is 10.1. The number of hydrogen-bond acceptors (Lipinski definition) is 3. The van der Waals surface area contributed by atoms with Crippen molar-refractivity contribution in [2.24, 2.45) is 0 Å². The van der Waals surface area contributed by atoms with Gasteiger partial charge in [0, 0.05) is 19.6 Å². The van der Waals surface area contributed by atoms with E-state index in [-0.39, 0.29) is 12.0 Å². The first-order valence-corrected chi connectivity index (χ1v) is 5.42. The van der Waals surface area contributed by atoms with Gasteiger partial charge in [-0.25, -0.2) is 4.79 Å². The Labute approximate surface area is 92.2 Å². The van der Waals surface area contributed by atoms with Crippen LogP contribution in [0.2, 0.25) is 0 Å². The van der Waals surface area contributed by atoms with Crippen LogP contribution in [0, 0.1) is 0 Å². The molecule has 0 aromatic rings. The second kappa shape index (κ2) is 4.88. The summed E-state index contributed by atoms with van der Waals surface area (Å²) in [5.74, 6) is 0.185. The number of carbonyl (C=O) groups is 1. The Bertz CT molecular complexity index is 227. The predicted octanol–water partition coefficient (Wildman–Crippen LogP) is 1.34. The number of ether oxygens (including phenoxy) is 1. The molecule has 1 heterocycles. The molecule has 0 saturated carbocycles. The van der Waals surface area contributed by atoms with Crippen molar-refractivity contribution in [2.75, 3.05) is 13.7 Å². The van der Waals surface area contributed by atoms with Gasteiger partial charge < -0.3 is 14.3 Å². The van der Waals surface area contributed by atoms with Crippen molar-refractivity contribution in [1.29, 1.82) is 0 Å². The lowest BCUT2D eigenvalue weighted by Crippen LogP contribution is -2.42. The van der Waals surface area contributed by atoms with Gasteiger partial charge in [-0.05, 0) is 33.6 Å². The number of amides is 1. The molecule has 0 bridgehead atoms. The summed E-state index contributed by atoms with van der Waals surface area (Å²) in [6, 6.07) is 0. The number of likely N-dealkylation sites (tertiary alicyclic amines) is 1. The van der Waals surface area contributed by atoms with Crippen LogP contribution in [0.3, 0.4) is 0 Å². The van der Waals surface area contributed by atoms with Crippen molar-refractivity contribution in [3.63, 3.8) is 0 Å². The lowest BCUT2D eigenvalue weighted by atomic mass is 9.86. The third kappa shape index (κ3) is 3.74. The van der Waals surface area contributed by atoms with E-state index in [1.807, 2.05) is 20.8 Å². The molecule has 1 fully saturated rings. The molecule has 0 spiro atoms. The number of nitrogens with zero attached hydrogens (tertiary/aromatic N) is 1. The molecule has 1 aliphatic heterocycles. The van der Waals surface area contributed by atoms with Crippen LogP contribution in [0.15, 0.2) is 0 Å². The molecule has 1 aliphatic rings. The molecule has 86 valence electrons. The van der Waals surface area contributed by atoms with Crippen LogP contribution in [0.4, 0.5) is 4.79 Å². The summed E-state index contributed by atoms with van der Waals surface area (Å²) in [4.78, 5) is 13.6. The van der Waals surface area contributed by atoms with Crippen LogP contribution in [0.25, 0.3) is 0 Å². The first kappa shape index (κ1) is 12.4. The van der Waals surface area contributed by atoms with Crippen molar-refractivity contribution in [3.8, 4) is 0 Å². The Morgan fingerprint density at radius 2 is 2.13 bits per heavy atom. The average Bonchev–Trinajstić information content (AvgIpc) is 2.49. The van der Waals surface area contributed by atoms with Crippen LogP contribution in [0.5, 0.6) is 0 Å². The van der Waals surface area contributed by atoms with E-state index >= 15 is 0 Å². The van der Waals surface area contributed by atoms with E-state index in [4.69, 9.17) is 9.39 Å². The highest BCUT2D eigenvalue weighted by atomic mass is 16.6. The van der Waals surface area contributed by atoms with Gasteiger partial charge in [0.1, 0.15) is 5.60 Å². The maximum atomic E-state index is 11.8. The highest BCUT2D eigenvalue weighted by molar-refractivity contribution is 6.30. The molecule has 1 rings (SSSR count). The Kier molecular flexibility index (Phi) is 4.02. The van der Waals surface area contributed by atoms with Crippen LogP contribution in [-0.2, 0) is 9.39 Å². The fraction of sp³-hybridized carbons (Fsp3) is 0.900. The van der Waals surface area contributed by atoms with Gasteiger partial charge in [-0.2, -0.15) is 0 Å². The van der Waals surface area contributed by atoms with E-state index in [9.17, 15) is 4.79 Å². The maximum Gasteiger partial charge on any atom is 0.409 e. The SMILES string of the molecule is COBC1CCCN1C(=O)OC(C)(C)C. The Hall–Kier alpha value is -0.705. The van der Waals surface area contributed by atoms with Crippen LogP contribution < -0.4 is 0 Å². The van der Waals surface area contributed by atoms with E-state index in [0.29, 0.717) is 7.48 Å². The highest BCUT2D eigenvalue weighted by Crippen LogP contribution is 2.19. The summed E-state index contributed by atoms with van der Waals surface area (Å²) >= 11 is 0. The summed E-state index contributed by atoms with van der Waals surface area (Å²) in [6.07, 6.45) is 1.82. The van der Waals surface area contributed by atoms with Gasteiger partial charge in [0.25, 0.3) is 7.48 Å². The van der Waals surface area contributed by atoms with E-state index in [0.717, 1.165) is 19.4 Å². The maximum absolute atomic E-state index is 11.8. The fourth-order valence-electron chi connectivity index (χ4n) is 1.76. The Morgan fingerprint density at radius 1 is 1.47 bits per heavy atom. The molecule has 0 radical (unpaired) electrons. The minimum Gasteiger partial charge on any atom is -0.444 e. The second-order valence-electron chi connectivity index (χ2n) is 4.93. The van der Waals surface area contributed by atoms with Crippen molar-refractivity contribution in [2.45, 2.75) is 45.2 Å². The second-order valence-corrected chi connectivity index (χ2v) is 4.93. The zero-order chi connectivity index (χ0) is 11.5. The monoisotopic (exact) mass is 213 g/mol. The van der Waals surface area contributed by atoms with Crippen molar-refractivity contribution in [1.82, 2.24) is 4.90 Å². The molecule has 0 aromatic carbocycles. The molecule has 4 nitrogen and oxygen atoms in total. The van der Waals surface area contributed by atoms with Gasteiger partial charge in [-0.15, -0.1) is 0 Å². The van der Waals surface area contributed by atoms with Gasteiger partial charge in [-0.1, -0.05) is 0 Å². The van der Waals surface area contributed by atoms with Gasteiger partial charge >= 0.3 is 6.09 Å². The zero-order valence-electron chi connectivity index (χ0n) is 10.1. The first-order chi connectivity index (χ1) is 6.94. The average molecular weight is 213 g/mol. The van der Waals surface area contributed by atoms with Crippen molar-refractivity contribution < 1.29 is 14.2 Å². The van der Waals surface area contributed by atoms with E-state index in [2.05, 4.69) is 0 Å². The minimum atomic E-state index is -0.419. The van der Waals surface area contributed by atoms with Gasteiger partial charge in [-0.3, -0.25) is 0 Å². The molecule has 1 atom stereocenters. The quantitative estimate of drug-likeness (QED) is 0.649. The van der Waals surface area contributed by atoms with Crippen LogP contribution in [-0.4, -0.2) is 43.7 Å². The summed E-state index contributed by atoms with van der Waals surface area (Å²) in [7, 11) is 2.25. The summed E-state index contributed by atoms with van der Waals surface area (Å²) in [5.41, 5.74) is -0.419. The Balaban J connectivity index is 2.51. The Morgan fingerprint density at radius 3 is 2.67 bits per heavy atom. The standard InChI is InChI=1S/C10H20BNO3/c1-10(2,3)15-9(13)12-7-5-6-8(12)11-14-4/h8,11H,5-7H2,1-4H3. The third-order valence-corrected chi connectivity index (χ3v) is 2.36. The molecule has 5 heteroatoms. The predicted molar refractivity (Wildman–Crippen MR) is 60.1 cm³/mol. The highest BCUT2D eigenvalue weighted by Gasteiger charge is 2.32. The molecule has 0 aromatic heterocycles. The van der Waals surface area contributed by atoms with Crippen molar-refractivity contribution >= 4 is 13.6 Å². The molecule has 1 amide bonds. The van der Waals surface area contributed by atoms with E-state index in [1.165, 1.54) is 0 Å². The molecular formula is C10H20BNO3. The third-order valence-electron chi connectivity index (χ3n) is 2.36. The summed E-state index contributed by atoms with van der Waals surface area (Å²) in [6.45, 7) is 6.42.